The molecule has 108 valence electrons. The van der Waals surface area contributed by atoms with Crippen LogP contribution in [0.2, 0.25) is 0 Å². The van der Waals surface area contributed by atoms with Crippen LogP contribution in [-0.2, 0) is 20.7 Å². The second-order valence-electron chi connectivity index (χ2n) is 3.86. The lowest BCUT2D eigenvalue weighted by Crippen LogP contribution is -2.12. The van der Waals surface area contributed by atoms with Crippen molar-refractivity contribution in [3.05, 3.63) is 39.9 Å². The molecule has 1 N–H and O–H groups in total. The molecule has 0 heterocycles. The average molecular weight is 343 g/mol. The molecule has 0 unspecified atom stereocenters. The minimum atomic E-state index is -1.19. The summed E-state index contributed by atoms with van der Waals surface area (Å²) in [6.07, 6.45) is 0.987. The van der Waals surface area contributed by atoms with Gasteiger partial charge in [0.25, 0.3) is 0 Å². The molecule has 0 aliphatic carbocycles. The number of methoxy groups -OCH3 is 1. The molecule has 0 atom stereocenters. The van der Waals surface area contributed by atoms with Gasteiger partial charge in [-0.25, -0.2) is 9.59 Å². The van der Waals surface area contributed by atoms with Crippen LogP contribution in [0.25, 0.3) is 0 Å². The molecule has 20 heavy (non-hydrogen) atoms. The predicted molar refractivity (Wildman–Crippen MR) is 76.7 cm³/mol. The molecular weight excluding hydrogens is 328 g/mol. The third kappa shape index (κ3) is 4.70. The zero-order valence-corrected chi connectivity index (χ0v) is 12.8. The largest absolute Gasteiger partial charge is 0.496 e. The molecule has 0 radical (unpaired) electrons. The van der Waals surface area contributed by atoms with E-state index in [4.69, 9.17) is 14.6 Å². The molecule has 1 aromatic carbocycles. The molecule has 0 aromatic heterocycles. The summed E-state index contributed by atoms with van der Waals surface area (Å²) in [5.41, 5.74) is 0.774. The van der Waals surface area contributed by atoms with Gasteiger partial charge in [-0.3, -0.25) is 0 Å². The Hall–Kier alpha value is -1.82. The Morgan fingerprint density at radius 2 is 2.10 bits per heavy atom. The van der Waals surface area contributed by atoms with Gasteiger partial charge in [-0.2, -0.15) is 0 Å². The highest BCUT2D eigenvalue weighted by Crippen LogP contribution is 2.26. The Bertz CT molecular complexity index is 536. The number of ether oxygens (including phenoxy) is 2. The van der Waals surface area contributed by atoms with E-state index in [1.165, 1.54) is 7.11 Å². The number of carbonyl (C=O) groups is 2. The first-order valence-corrected chi connectivity index (χ1v) is 6.70. The Labute approximate surface area is 125 Å². The SMILES string of the molecule is CCOC(=O)C(=CC(=O)O)Cc1ccc(Br)cc1OC. The fourth-order valence-corrected chi connectivity index (χ4v) is 1.96. The van der Waals surface area contributed by atoms with Crippen LogP contribution in [0.4, 0.5) is 0 Å². The molecule has 0 fully saturated rings. The number of esters is 1. The summed E-state index contributed by atoms with van der Waals surface area (Å²) in [5.74, 6) is -1.26. The van der Waals surface area contributed by atoms with Gasteiger partial charge in [0.05, 0.1) is 13.7 Å². The number of carboxylic acid groups (broad SMARTS) is 1. The van der Waals surface area contributed by atoms with E-state index in [1.807, 2.05) is 0 Å². The number of carbonyl (C=O) groups excluding carboxylic acids is 1. The van der Waals surface area contributed by atoms with Gasteiger partial charge < -0.3 is 14.6 Å². The van der Waals surface area contributed by atoms with Crippen molar-refractivity contribution >= 4 is 27.9 Å². The van der Waals surface area contributed by atoms with Gasteiger partial charge in [0.15, 0.2) is 0 Å². The van der Waals surface area contributed by atoms with E-state index in [0.717, 1.165) is 10.5 Å². The number of carboxylic acids is 1. The normalized spacial score (nSPS) is 11.1. The Morgan fingerprint density at radius 3 is 2.65 bits per heavy atom. The number of benzene rings is 1. The Balaban J connectivity index is 3.07. The van der Waals surface area contributed by atoms with Crippen molar-refractivity contribution in [2.45, 2.75) is 13.3 Å². The van der Waals surface area contributed by atoms with E-state index >= 15 is 0 Å². The minimum Gasteiger partial charge on any atom is -0.496 e. The van der Waals surface area contributed by atoms with Crippen molar-refractivity contribution in [3.8, 4) is 5.75 Å². The van der Waals surface area contributed by atoms with Crippen LogP contribution in [-0.4, -0.2) is 30.8 Å². The second-order valence-corrected chi connectivity index (χ2v) is 4.78. The molecule has 6 heteroatoms. The molecule has 0 aliphatic heterocycles. The molecule has 0 bridgehead atoms. The van der Waals surface area contributed by atoms with Gasteiger partial charge in [0, 0.05) is 22.5 Å². The number of aliphatic carboxylic acids is 1. The second kappa shape index (κ2) is 7.69. The fourth-order valence-electron chi connectivity index (χ4n) is 1.62. The highest BCUT2D eigenvalue weighted by atomic mass is 79.9. The summed E-state index contributed by atoms with van der Waals surface area (Å²) in [7, 11) is 1.51. The van der Waals surface area contributed by atoms with Crippen molar-refractivity contribution in [2.75, 3.05) is 13.7 Å². The van der Waals surface area contributed by atoms with E-state index in [1.54, 1.807) is 25.1 Å². The lowest BCUT2D eigenvalue weighted by Gasteiger charge is -2.11. The lowest BCUT2D eigenvalue weighted by molar-refractivity contribution is -0.139. The fraction of sp³-hybridized carbons (Fsp3) is 0.286. The van der Waals surface area contributed by atoms with Gasteiger partial charge in [0.1, 0.15) is 5.75 Å². The summed E-state index contributed by atoms with van der Waals surface area (Å²) < 4.78 is 10.9. The maximum atomic E-state index is 11.7. The van der Waals surface area contributed by atoms with Crippen LogP contribution in [0.3, 0.4) is 0 Å². The molecule has 0 spiro atoms. The van der Waals surface area contributed by atoms with Crippen LogP contribution >= 0.6 is 15.9 Å². The van der Waals surface area contributed by atoms with Crippen molar-refractivity contribution in [3.63, 3.8) is 0 Å². The summed E-state index contributed by atoms with van der Waals surface area (Å²) in [4.78, 5) is 22.5. The van der Waals surface area contributed by atoms with Crippen LogP contribution in [0.15, 0.2) is 34.3 Å². The van der Waals surface area contributed by atoms with Crippen LogP contribution in [0, 0.1) is 0 Å². The van der Waals surface area contributed by atoms with E-state index in [-0.39, 0.29) is 18.6 Å². The highest BCUT2D eigenvalue weighted by molar-refractivity contribution is 9.10. The van der Waals surface area contributed by atoms with Gasteiger partial charge in [-0.15, -0.1) is 0 Å². The third-order valence-corrected chi connectivity index (χ3v) is 2.96. The monoisotopic (exact) mass is 342 g/mol. The summed E-state index contributed by atoms with van der Waals surface area (Å²) in [6, 6.07) is 5.30. The minimum absolute atomic E-state index is 0.0694. The molecule has 1 rings (SSSR count). The first-order chi connectivity index (χ1) is 9.47. The smallest absolute Gasteiger partial charge is 0.334 e. The lowest BCUT2D eigenvalue weighted by atomic mass is 10.0. The molecule has 0 aliphatic rings. The number of hydrogen-bond acceptors (Lipinski definition) is 4. The molecular formula is C14H15BrO5. The third-order valence-electron chi connectivity index (χ3n) is 2.47. The standard InChI is InChI=1S/C14H15BrO5/c1-3-20-14(18)10(7-13(16)17)6-9-4-5-11(15)8-12(9)19-2/h4-5,7-8H,3,6H2,1-2H3,(H,16,17). The van der Waals surface area contributed by atoms with Gasteiger partial charge in [0.2, 0.25) is 0 Å². The number of hydrogen-bond donors (Lipinski definition) is 1. The quantitative estimate of drug-likeness (QED) is 0.635. The van der Waals surface area contributed by atoms with E-state index in [9.17, 15) is 9.59 Å². The first-order valence-electron chi connectivity index (χ1n) is 5.91. The molecule has 1 aromatic rings. The van der Waals surface area contributed by atoms with Crippen LogP contribution in [0.1, 0.15) is 12.5 Å². The highest BCUT2D eigenvalue weighted by Gasteiger charge is 2.15. The van der Waals surface area contributed by atoms with Crippen LogP contribution < -0.4 is 4.74 Å². The van der Waals surface area contributed by atoms with Gasteiger partial charge >= 0.3 is 11.9 Å². The van der Waals surface area contributed by atoms with E-state index < -0.39 is 11.9 Å². The summed E-state index contributed by atoms with van der Waals surface area (Å²) >= 11 is 3.32. The van der Waals surface area contributed by atoms with Crippen molar-refractivity contribution in [2.24, 2.45) is 0 Å². The molecule has 0 saturated heterocycles. The maximum absolute atomic E-state index is 11.7. The first kappa shape index (κ1) is 16.2. The van der Waals surface area contributed by atoms with Crippen LogP contribution in [0.5, 0.6) is 5.75 Å². The zero-order chi connectivity index (χ0) is 15.1. The van der Waals surface area contributed by atoms with E-state index in [0.29, 0.717) is 11.3 Å². The van der Waals surface area contributed by atoms with Gasteiger partial charge in [-0.1, -0.05) is 22.0 Å². The molecule has 0 saturated carbocycles. The predicted octanol–water partition coefficient (Wildman–Crippen LogP) is 2.57. The summed E-state index contributed by atoms with van der Waals surface area (Å²) in [5, 5.41) is 8.83. The van der Waals surface area contributed by atoms with Crippen molar-refractivity contribution in [1.29, 1.82) is 0 Å². The molecule has 0 amide bonds. The molecule has 5 nitrogen and oxygen atoms in total. The van der Waals surface area contributed by atoms with Crippen molar-refractivity contribution < 1.29 is 24.2 Å². The number of halogens is 1. The Kier molecular flexibility index (Phi) is 6.24. The van der Waals surface area contributed by atoms with Crippen molar-refractivity contribution in [1.82, 2.24) is 0 Å². The van der Waals surface area contributed by atoms with E-state index in [2.05, 4.69) is 15.9 Å². The topological polar surface area (TPSA) is 72.8 Å². The Morgan fingerprint density at radius 1 is 1.40 bits per heavy atom. The van der Waals surface area contributed by atoms with Gasteiger partial charge in [-0.05, 0) is 24.6 Å². The number of rotatable bonds is 6. The average Bonchev–Trinajstić information content (AvgIpc) is 2.39. The summed E-state index contributed by atoms with van der Waals surface area (Å²) in [6.45, 7) is 1.85. The maximum Gasteiger partial charge on any atom is 0.334 e. The zero-order valence-electron chi connectivity index (χ0n) is 11.2.